The van der Waals surface area contributed by atoms with Crippen LogP contribution in [0.1, 0.15) is 11.4 Å². The second kappa shape index (κ2) is 4.52. The highest BCUT2D eigenvalue weighted by atomic mass is 19.1. The zero-order chi connectivity index (χ0) is 13.3. The summed E-state index contributed by atoms with van der Waals surface area (Å²) in [6.07, 6.45) is 2.62. The summed E-state index contributed by atoms with van der Waals surface area (Å²) >= 11 is 0. The van der Waals surface area contributed by atoms with Gasteiger partial charge in [-0.15, -0.1) is 0 Å². The lowest BCUT2D eigenvalue weighted by molar-refractivity contribution is 0.562. The largest absolute Gasteiger partial charge is 0.268 e. The lowest BCUT2D eigenvalue weighted by atomic mass is 10.2. The molecule has 0 aliphatic heterocycles. The standard InChI is InChI=1S/C13H10F2N2O/c1-3-9-7-16-8(2)17(13(9)18)12-10(14)5-4-6-11(12)15/h3-7H,1H2,2H3. The highest BCUT2D eigenvalue weighted by Crippen LogP contribution is 2.17. The van der Waals surface area contributed by atoms with Gasteiger partial charge in [0, 0.05) is 6.20 Å². The summed E-state index contributed by atoms with van der Waals surface area (Å²) in [5, 5.41) is 0. The Morgan fingerprint density at radius 1 is 1.33 bits per heavy atom. The maximum Gasteiger partial charge on any atom is 0.265 e. The van der Waals surface area contributed by atoms with Crippen LogP contribution in [0, 0.1) is 18.6 Å². The van der Waals surface area contributed by atoms with Crippen molar-refractivity contribution in [1.82, 2.24) is 9.55 Å². The molecule has 0 fully saturated rings. The van der Waals surface area contributed by atoms with Gasteiger partial charge in [-0.2, -0.15) is 0 Å². The minimum absolute atomic E-state index is 0.184. The second-order valence-corrected chi connectivity index (χ2v) is 3.68. The van der Waals surface area contributed by atoms with Crippen molar-refractivity contribution in [2.75, 3.05) is 0 Å². The summed E-state index contributed by atoms with van der Waals surface area (Å²) in [5.74, 6) is -1.43. The summed E-state index contributed by atoms with van der Waals surface area (Å²) in [6, 6.07) is 3.41. The van der Waals surface area contributed by atoms with Crippen molar-refractivity contribution in [3.8, 4) is 5.69 Å². The molecule has 0 radical (unpaired) electrons. The van der Waals surface area contributed by atoms with Crippen molar-refractivity contribution in [2.45, 2.75) is 6.92 Å². The number of hydrogen-bond acceptors (Lipinski definition) is 2. The molecule has 92 valence electrons. The summed E-state index contributed by atoms with van der Waals surface area (Å²) < 4.78 is 28.3. The van der Waals surface area contributed by atoms with Gasteiger partial charge < -0.3 is 0 Å². The Hall–Kier alpha value is -2.30. The third-order valence-electron chi connectivity index (χ3n) is 2.55. The molecular formula is C13H10F2N2O. The van der Waals surface area contributed by atoms with Crippen LogP contribution in [-0.4, -0.2) is 9.55 Å². The smallest absolute Gasteiger partial charge is 0.265 e. The van der Waals surface area contributed by atoms with E-state index in [1.807, 2.05) is 0 Å². The van der Waals surface area contributed by atoms with E-state index in [9.17, 15) is 13.6 Å². The lowest BCUT2D eigenvalue weighted by Crippen LogP contribution is -2.25. The minimum atomic E-state index is -0.816. The van der Waals surface area contributed by atoms with E-state index >= 15 is 0 Å². The number of para-hydroxylation sites is 1. The number of aromatic nitrogens is 2. The summed E-state index contributed by atoms with van der Waals surface area (Å²) in [5.41, 5.74) is -0.791. The lowest BCUT2D eigenvalue weighted by Gasteiger charge is -2.11. The molecule has 0 bridgehead atoms. The van der Waals surface area contributed by atoms with Gasteiger partial charge in [0.05, 0.1) is 5.56 Å². The van der Waals surface area contributed by atoms with E-state index in [4.69, 9.17) is 0 Å². The number of benzene rings is 1. The Labute approximate surface area is 102 Å². The number of aryl methyl sites for hydroxylation is 1. The van der Waals surface area contributed by atoms with Crippen LogP contribution < -0.4 is 5.56 Å². The van der Waals surface area contributed by atoms with Crippen molar-refractivity contribution in [3.05, 3.63) is 64.4 Å². The van der Waals surface area contributed by atoms with Gasteiger partial charge in [-0.1, -0.05) is 18.7 Å². The van der Waals surface area contributed by atoms with Crippen molar-refractivity contribution >= 4 is 6.08 Å². The zero-order valence-electron chi connectivity index (χ0n) is 9.65. The Morgan fingerprint density at radius 3 is 2.50 bits per heavy atom. The molecule has 1 aromatic carbocycles. The van der Waals surface area contributed by atoms with E-state index in [0.717, 1.165) is 16.7 Å². The number of rotatable bonds is 2. The van der Waals surface area contributed by atoms with Gasteiger partial charge in [0.2, 0.25) is 0 Å². The van der Waals surface area contributed by atoms with Crippen molar-refractivity contribution in [2.24, 2.45) is 0 Å². The van der Waals surface area contributed by atoms with E-state index in [1.54, 1.807) is 0 Å². The molecule has 0 spiro atoms. The number of halogens is 2. The van der Waals surface area contributed by atoms with E-state index in [-0.39, 0.29) is 11.4 Å². The monoisotopic (exact) mass is 248 g/mol. The molecular weight excluding hydrogens is 238 g/mol. The molecule has 1 heterocycles. The van der Waals surface area contributed by atoms with Gasteiger partial charge in [0.25, 0.3) is 5.56 Å². The normalized spacial score (nSPS) is 10.4. The molecule has 0 atom stereocenters. The van der Waals surface area contributed by atoms with Crippen LogP contribution >= 0.6 is 0 Å². The SMILES string of the molecule is C=Cc1cnc(C)n(-c2c(F)cccc2F)c1=O. The van der Waals surface area contributed by atoms with Crippen LogP contribution in [0.2, 0.25) is 0 Å². The molecule has 18 heavy (non-hydrogen) atoms. The molecule has 0 N–H and O–H groups in total. The van der Waals surface area contributed by atoms with E-state index in [1.165, 1.54) is 25.3 Å². The van der Waals surface area contributed by atoms with Crippen LogP contribution in [0.4, 0.5) is 8.78 Å². The van der Waals surface area contributed by atoms with Crippen LogP contribution in [0.5, 0.6) is 0 Å². The summed E-state index contributed by atoms with van der Waals surface area (Å²) in [7, 11) is 0. The first-order chi connectivity index (χ1) is 8.56. The highest BCUT2D eigenvalue weighted by Gasteiger charge is 2.15. The first-order valence-electron chi connectivity index (χ1n) is 5.21. The molecule has 3 nitrogen and oxygen atoms in total. The van der Waals surface area contributed by atoms with Crippen molar-refractivity contribution in [3.63, 3.8) is 0 Å². The summed E-state index contributed by atoms with van der Waals surface area (Å²) in [6.45, 7) is 4.96. The Balaban J connectivity index is 2.87. The van der Waals surface area contributed by atoms with E-state index in [0.29, 0.717) is 0 Å². The topological polar surface area (TPSA) is 34.9 Å². The van der Waals surface area contributed by atoms with Gasteiger partial charge >= 0.3 is 0 Å². The molecule has 0 amide bonds. The third-order valence-corrected chi connectivity index (χ3v) is 2.55. The van der Waals surface area contributed by atoms with Gasteiger partial charge in [-0.05, 0) is 19.1 Å². The molecule has 5 heteroatoms. The van der Waals surface area contributed by atoms with Crippen LogP contribution in [-0.2, 0) is 0 Å². The second-order valence-electron chi connectivity index (χ2n) is 3.68. The minimum Gasteiger partial charge on any atom is -0.268 e. The molecule has 0 unspecified atom stereocenters. The van der Waals surface area contributed by atoms with E-state index in [2.05, 4.69) is 11.6 Å². The van der Waals surface area contributed by atoms with Gasteiger partial charge in [0.1, 0.15) is 23.1 Å². The molecule has 0 saturated carbocycles. The maximum absolute atomic E-state index is 13.7. The third kappa shape index (κ3) is 1.84. The quantitative estimate of drug-likeness (QED) is 0.818. The number of hydrogen-bond donors (Lipinski definition) is 0. The average molecular weight is 248 g/mol. The Bertz CT molecular complexity index is 657. The molecule has 0 aliphatic rings. The van der Waals surface area contributed by atoms with Crippen LogP contribution in [0.15, 0.2) is 35.8 Å². The first-order valence-corrected chi connectivity index (χ1v) is 5.21. The fraction of sp³-hybridized carbons (Fsp3) is 0.0769. The molecule has 2 aromatic rings. The Kier molecular flexibility index (Phi) is 3.06. The summed E-state index contributed by atoms with van der Waals surface area (Å²) in [4.78, 5) is 16.0. The Morgan fingerprint density at radius 2 is 1.94 bits per heavy atom. The highest BCUT2D eigenvalue weighted by molar-refractivity contribution is 5.46. The number of nitrogens with zero attached hydrogens (tertiary/aromatic N) is 2. The molecule has 1 aromatic heterocycles. The van der Waals surface area contributed by atoms with Crippen LogP contribution in [0.3, 0.4) is 0 Å². The van der Waals surface area contributed by atoms with E-state index < -0.39 is 22.9 Å². The van der Waals surface area contributed by atoms with Crippen molar-refractivity contribution < 1.29 is 8.78 Å². The fourth-order valence-electron chi connectivity index (χ4n) is 1.66. The van der Waals surface area contributed by atoms with Gasteiger partial charge in [-0.3, -0.25) is 9.36 Å². The molecule has 0 saturated heterocycles. The predicted octanol–water partition coefficient (Wildman–Crippen LogP) is 2.46. The fourth-order valence-corrected chi connectivity index (χ4v) is 1.66. The molecule has 0 aliphatic carbocycles. The maximum atomic E-state index is 13.7. The van der Waals surface area contributed by atoms with Gasteiger partial charge in [0.15, 0.2) is 0 Å². The zero-order valence-corrected chi connectivity index (χ0v) is 9.65. The van der Waals surface area contributed by atoms with Gasteiger partial charge in [-0.25, -0.2) is 13.8 Å². The molecule has 2 rings (SSSR count). The van der Waals surface area contributed by atoms with Crippen molar-refractivity contribution in [1.29, 1.82) is 0 Å². The predicted molar refractivity (Wildman–Crippen MR) is 64.6 cm³/mol. The van der Waals surface area contributed by atoms with Crippen LogP contribution in [0.25, 0.3) is 11.8 Å². The first kappa shape index (κ1) is 12.2. The average Bonchev–Trinajstić information content (AvgIpc) is 2.33.